The summed E-state index contributed by atoms with van der Waals surface area (Å²) in [6, 6.07) is 2.61. The second kappa shape index (κ2) is 7.90. The fourth-order valence-corrected chi connectivity index (χ4v) is 4.54. The van der Waals surface area contributed by atoms with E-state index in [9.17, 15) is 4.79 Å². The number of hydrogen-bond donors (Lipinski definition) is 2. The molecule has 7 heteroatoms. The predicted octanol–water partition coefficient (Wildman–Crippen LogP) is 3.09. The van der Waals surface area contributed by atoms with Gasteiger partial charge in [-0.1, -0.05) is 0 Å². The molecule has 2 aromatic heterocycles. The highest BCUT2D eigenvalue weighted by Gasteiger charge is 2.39. The second-order valence-electron chi connectivity index (χ2n) is 7.19. The maximum absolute atomic E-state index is 12.4. The Bertz CT molecular complexity index is 750. The van der Waals surface area contributed by atoms with Crippen molar-refractivity contribution in [2.75, 3.05) is 25.1 Å². The summed E-state index contributed by atoms with van der Waals surface area (Å²) >= 11 is 1.69. The molecule has 2 aromatic rings. The molecule has 1 saturated carbocycles. The van der Waals surface area contributed by atoms with Gasteiger partial charge in [-0.3, -0.25) is 9.48 Å². The molecule has 0 bridgehead atoms. The largest absolute Gasteiger partial charge is 0.381 e. The van der Waals surface area contributed by atoms with Crippen molar-refractivity contribution < 1.29 is 9.53 Å². The lowest BCUT2D eigenvalue weighted by atomic mass is 10.0. The summed E-state index contributed by atoms with van der Waals surface area (Å²) in [4.78, 5) is 13.7. The molecule has 0 radical (unpaired) electrons. The van der Waals surface area contributed by atoms with Crippen LogP contribution in [-0.2, 0) is 11.3 Å². The molecule has 4 rings (SSSR count). The molecule has 2 N–H and O–H groups in total. The SMILES string of the molecule is CCn1cc(NC(=O)c2csc(C3CC3NCC3CCOCC3)c2)cn1. The van der Waals surface area contributed by atoms with Crippen LogP contribution in [-0.4, -0.2) is 41.5 Å². The number of ether oxygens (including phenoxy) is 1. The van der Waals surface area contributed by atoms with E-state index in [1.807, 2.05) is 24.6 Å². The molecule has 1 amide bonds. The number of amides is 1. The molecular formula is C19H26N4O2S. The van der Waals surface area contributed by atoms with Crippen LogP contribution in [0.2, 0.25) is 0 Å². The van der Waals surface area contributed by atoms with Crippen molar-refractivity contribution in [3.05, 3.63) is 34.3 Å². The third-order valence-electron chi connectivity index (χ3n) is 5.26. The van der Waals surface area contributed by atoms with Crippen molar-refractivity contribution in [2.24, 2.45) is 5.92 Å². The van der Waals surface area contributed by atoms with Gasteiger partial charge in [0.1, 0.15) is 0 Å². The molecule has 2 unspecified atom stereocenters. The van der Waals surface area contributed by atoms with Crippen LogP contribution in [0.4, 0.5) is 5.69 Å². The summed E-state index contributed by atoms with van der Waals surface area (Å²) < 4.78 is 7.22. The maximum atomic E-state index is 12.4. The van der Waals surface area contributed by atoms with E-state index in [1.54, 1.807) is 22.2 Å². The van der Waals surface area contributed by atoms with E-state index in [0.717, 1.165) is 43.5 Å². The number of carbonyl (C=O) groups excluding carboxylic acids is 1. The number of hydrogen-bond acceptors (Lipinski definition) is 5. The third kappa shape index (κ3) is 4.16. The highest BCUT2D eigenvalue weighted by atomic mass is 32.1. The number of nitrogens with zero attached hydrogens (tertiary/aromatic N) is 2. The van der Waals surface area contributed by atoms with Crippen molar-refractivity contribution in [3.8, 4) is 0 Å². The molecule has 2 atom stereocenters. The van der Waals surface area contributed by atoms with E-state index in [4.69, 9.17) is 4.74 Å². The summed E-state index contributed by atoms with van der Waals surface area (Å²) in [6.45, 7) is 5.71. The first-order chi connectivity index (χ1) is 12.7. The summed E-state index contributed by atoms with van der Waals surface area (Å²) in [5.41, 5.74) is 1.48. The van der Waals surface area contributed by atoms with E-state index in [0.29, 0.717) is 12.0 Å². The minimum atomic E-state index is -0.0597. The number of rotatable bonds is 7. The van der Waals surface area contributed by atoms with Crippen molar-refractivity contribution >= 4 is 22.9 Å². The van der Waals surface area contributed by atoms with E-state index in [-0.39, 0.29) is 5.91 Å². The molecular weight excluding hydrogens is 348 g/mol. The molecule has 6 nitrogen and oxygen atoms in total. The summed E-state index contributed by atoms with van der Waals surface area (Å²) in [7, 11) is 0. The van der Waals surface area contributed by atoms with E-state index in [2.05, 4.69) is 15.7 Å². The van der Waals surface area contributed by atoms with Gasteiger partial charge in [0.05, 0.1) is 17.4 Å². The van der Waals surface area contributed by atoms with Crippen LogP contribution in [0.3, 0.4) is 0 Å². The number of thiophene rings is 1. The van der Waals surface area contributed by atoms with Gasteiger partial charge in [-0.2, -0.15) is 5.10 Å². The van der Waals surface area contributed by atoms with Gasteiger partial charge in [0.2, 0.25) is 0 Å². The van der Waals surface area contributed by atoms with Gasteiger partial charge >= 0.3 is 0 Å². The van der Waals surface area contributed by atoms with E-state index < -0.39 is 0 Å². The summed E-state index contributed by atoms with van der Waals surface area (Å²) in [6.07, 6.45) is 7.05. The topological polar surface area (TPSA) is 68.2 Å². The Morgan fingerprint density at radius 1 is 1.42 bits per heavy atom. The zero-order valence-electron chi connectivity index (χ0n) is 15.1. The maximum Gasteiger partial charge on any atom is 0.256 e. The Morgan fingerprint density at radius 2 is 2.27 bits per heavy atom. The third-order valence-corrected chi connectivity index (χ3v) is 6.33. The first-order valence-electron chi connectivity index (χ1n) is 9.46. The van der Waals surface area contributed by atoms with Crippen molar-refractivity contribution in [1.29, 1.82) is 0 Å². The monoisotopic (exact) mass is 374 g/mol. The molecule has 3 heterocycles. The second-order valence-corrected chi connectivity index (χ2v) is 8.13. The van der Waals surface area contributed by atoms with Gasteiger partial charge in [0.15, 0.2) is 0 Å². The van der Waals surface area contributed by atoms with Gasteiger partial charge in [0.25, 0.3) is 5.91 Å². The Morgan fingerprint density at radius 3 is 3.04 bits per heavy atom. The van der Waals surface area contributed by atoms with Crippen LogP contribution < -0.4 is 10.6 Å². The van der Waals surface area contributed by atoms with E-state index in [1.165, 1.54) is 24.1 Å². The molecule has 0 spiro atoms. The van der Waals surface area contributed by atoms with Gasteiger partial charge in [-0.05, 0) is 44.7 Å². The Kier molecular flexibility index (Phi) is 5.38. The predicted molar refractivity (Wildman–Crippen MR) is 103 cm³/mol. The number of aromatic nitrogens is 2. The van der Waals surface area contributed by atoms with Crippen molar-refractivity contribution in [1.82, 2.24) is 15.1 Å². The molecule has 26 heavy (non-hydrogen) atoms. The smallest absolute Gasteiger partial charge is 0.256 e. The number of nitrogens with one attached hydrogen (secondary N) is 2. The normalized spacial score (nSPS) is 23.1. The lowest BCUT2D eigenvalue weighted by molar-refractivity contribution is 0.0662. The lowest BCUT2D eigenvalue weighted by Crippen LogP contribution is -2.29. The molecule has 1 saturated heterocycles. The zero-order chi connectivity index (χ0) is 17.9. The number of carbonyl (C=O) groups is 1. The van der Waals surface area contributed by atoms with Crippen LogP contribution >= 0.6 is 11.3 Å². The van der Waals surface area contributed by atoms with Gasteiger partial charge in [-0.15, -0.1) is 11.3 Å². The van der Waals surface area contributed by atoms with Gasteiger partial charge in [-0.25, -0.2) is 0 Å². The molecule has 1 aliphatic heterocycles. The fraction of sp³-hybridized carbons (Fsp3) is 0.579. The first-order valence-corrected chi connectivity index (χ1v) is 10.3. The average molecular weight is 375 g/mol. The standard InChI is InChI=1S/C19H26N4O2S/c1-2-23-11-15(10-21-23)22-19(24)14-7-18(26-12-14)16-8-17(16)20-9-13-3-5-25-6-4-13/h7,10-13,16-17,20H,2-6,8-9H2,1H3,(H,22,24). The van der Waals surface area contributed by atoms with E-state index >= 15 is 0 Å². The summed E-state index contributed by atoms with van der Waals surface area (Å²) in [5.74, 6) is 1.25. The fourth-order valence-electron chi connectivity index (χ4n) is 3.47. The lowest BCUT2D eigenvalue weighted by Gasteiger charge is -2.22. The first kappa shape index (κ1) is 17.7. The van der Waals surface area contributed by atoms with Crippen LogP contribution in [0.5, 0.6) is 0 Å². The Labute approximate surface area is 157 Å². The minimum Gasteiger partial charge on any atom is -0.381 e. The number of anilines is 1. The molecule has 1 aliphatic carbocycles. The van der Waals surface area contributed by atoms with Crippen LogP contribution in [0.1, 0.15) is 47.3 Å². The highest BCUT2D eigenvalue weighted by Crippen LogP contribution is 2.43. The number of aryl methyl sites for hydroxylation is 1. The van der Waals surface area contributed by atoms with Crippen molar-refractivity contribution in [3.63, 3.8) is 0 Å². The molecule has 2 fully saturated rings. The van der Waals surface area contributed by atoms with Gasteiger partial charge in [0, 0.05) is 48.2 Å². The Hall–Kier alpha value is -1.70. The van der Waals surface area contributed by atoms with Crippen LogP contribution in [0.25, 0.3) is 0 Å². The molecule has 140 valence electrons. The van der Waals surface area contributed by atoms with Crippen LogP contribution in [0, 0.1) is 5.92 Å². The van der Waals surface area contributed by atoms with Crippen molar-refractivity contribution in [2.45, 2.75) is 44.7 Å². The average Bonchev–Trinajstić information content (AvgIpc) is 3.07. The van der Waals surface area contributed by atoms with Gasteiger partial charge < -0.3 is 15.4 Å². The van der Waals surface area contributed by atoms with Crippen LogP contribution in [0.15, 0.2) is 23.8 Å². The molecule has 2 aliphatic rings. The highest BCUT2D eigenvalue weighted by molar-refractivity contribution is 7.10. The zero-order valence-corrected chi connectivity index (χ0v) is 15.9. The molecule has 0 aromatic carbocycles. The Balaban J connectivity index is 1.27. The summed E-state index contributed by atoms with van der Waals surface area (Å²) in [5, 5.41) is 12.8. The quantitative estimate of drug-likeness (QED) is 0.781. The minimum absolute atomic E-state index is 0.0597.